The molecule has 4 heteroatoms. The van der Waals surface area contributed by atoms with Crippen LogP contribution in [0.4, 0.5) is 0 Å². The van der Waals surface area contributed by atoms with Crippen LogP contribution in [-0.2, 0) is 14.0 Å². The molecule has 3 nitrogen and oxygen atoms in total. The van der Waals surface area contributed by atoms with E-state index in [-0.39, 0.29) is 5.97 Å². The van der Waals surface area contributed by atoms with Crippen molar-refractivity contribution in [2.24, 2.45) is 0 Å². The molecule has 0 saturated heterocycles. The smallest absolute Gasteiger partial charge is 0.305 e. The number of unbranched alkanes of at least 4 members (excludes halogenated alkanes) is 12. The summed E-state index contributed by atoms with van der Waals surface area (Å²) in [6, 6.07) is 0. The Morgan fingerprint density at radius 3 is 1.58 bits per heavy atom. The number of carbonyl (C=O) groups is 1. The Kier molecular flexibility index (Phi) is 17.9. The number of rotatable bonds is 20. The fraction of sp³-hybridized carbons (Fsp3) is 0.963. The van der Waals surface area contributed by atoms with Crippen LogP contribution >= 0.6 is 0 Å². The SMILES string of the molecule is CCCCCCC(CCCCCCCCCCCCC(=O)OC)O[Si](C)(C)C(C)(C)C. The maximum absolute atomic E-state index is 11.1. The quantitative estimate of drug-likeness (QED) is 0.104. The van der Waals surface area contributed by atoms with Crippen molar-refractivity contribution in [3.8, 4) is 0 Å². The lowest BCUT2D eigenvalue weighted by Crippen LogP contribution is -2.44. The Labute approximate surface area is 196 Å². The Morgan fingerprint density at radius 2 is 1.16 bits per heavy atom. The first-order chi connectivity index (χ1) is 14.6. The highest BCUT2D eigenvalue weighted by atomic mass is 28.4. The molecule has 0 aliphatic rings. The normalized spacial score (nSPS) is 13.4. The topological polar surface area (TPSA) is 35.5 Å². The minimum atomic E-state index is -1.67. The maximum Gasteiger partial charge on any atom is 0.305 e. The third-order valence-corrected chi connectivity index (χ3v) is 11.6. The molecule has 0 radical (unpaired) electrons. The van der Waals surface area contributed by atoms with E-state index in [1.807, 2.05) is 0 Å². The maximum atomic E-state index is 11.1. The monoisotopic (exact) mass is 456 g/mol. The largest absolute Gasteiger partial charge is 0.469 e. The minimum Gasteiger partial charge on any atom is -0.469 e. The highest BCUT2D eigenvalue weighted by Crippen LogP contribution is 2.38. The molecule has 0 N–H and O–H groups in total. The van der Waals surface area contributed by atoms with E-state index >= 15 is 0 Å². The molecule has 0 aromatic heterocycles. The van der Waals surface area contributed by atoms with Gasteiger partial charge in [-0.2, -0.15) is 0 Å². The molecule has 0 aromatic rings. The minimum absolute atomic E-state index is 0.0714. The summed E-state index contributed by atoms with van der Waals surface area (Å²) in [4.78, 5) is 11.1. The van der Waals surface area contributed by atoms with E-state index in [1.54, 1.807) is 0 Å². The van der Waals surface area contributed by atoms with Crippen molar-refractivity contribution in [3.05, 3.63) is 0 Å². The lowest BCUT2D eigenvalue weighted by molar-refractivity contribution is -0.140. The predicted octanol–water partition coefficient (Wildman–Crippen LogP) is 9.20. The highest BCUT2D eigenvalue weighted by molar-refractivity contribution is 6.74. The second kappa shape index (κ2) is 18.1. The lowest BCUT2D eigenvalue weighted by Gasteiger charge is -2.39. The van der Waals surface area contributed by atoms with Gasteiger partial charge in [0.2, 0.25) is 0 Å². The van der Waals surface area contributed by atoms with Crippen LogP contribution in [0.1, 0.15) is 137 Å². The van der Waals surface area contributed by atoms with Crippen LogP contribution in [0.3, 0.4) is 0 Å². The number of carbonyl (C=O) groups excluding carboxylic acids is 1. The predicted molar refractivity (Wildman–Crippen MR) is 138 cm³/mol. The number of hydrogen-bond donors (Lipinski definition) is 0. The standard InChI is InChI=1S/C27H56O3Si/c1-8-9-10-19-22-25(30-31(6,7)27(2,3)4)23-20-17-15-13-11-12-14-16-18-21-24-26(28)29-5/h25H,8-24H2,1-7H3. The summed E-state index contributed by atoms with van der Waals surface area (Å²) >= 11 is 0. The molecule has 1 unspecified atom stereocenters. The zero-order valence-electron chi connectivity index (χ0n) is 22.3. The summed E-state index contributed by atoms with van der Waals surface area (Å²) in [7, 11) is -0.201. The van der Waals surface area contributed by atoms with Gasteiger partial charge in [0.05, 0.1) is 7.11 Å². The van der Waals surface area contributed by atoms with Crippen LogP contribution in [0.5, 0.6) is 0 Å². The highest BCUT2D eigenvalue weighted by Gasteiger charge is 2.38. The summed E-state index contributed by atoms with van der Waals surface area (Å²) in [5.74, 6) is -0.0714. The summed E-state index contributed by atoms with van der Waals surface area (Å²) in [6.07, 6.45) is 21.7. The molecule has 1 atom stereocenters. The molecule has 0 aliphatic heterocycles. The van der Waals surface area contributed by atoms with Gasteiger partial charge >= 0.3 is 5.97 Å². The van der Waals surface area contributed by atoms with E-state index in [9.17, 15) is 4.79 Å². The van der Waals surface area contributed by atoms with Crippen molar-refractivity contribution in [3.63, 3.8) is 0 Å². The molecular formula is C27H56O3Si. The van der Waals surface area contributed by atoms with E-state index in [4.69, 9.17) is 4.43 Å². The Balaban J connectivity index is 3.92. The van der Waals surface area contributed by atoms with Gasteiger partial charge in [-0.3, -0.25) is 4.79 Å². The molecular weight excluding hydrogens is 400 g/mol. The molecule has 0 aliphatic carbocycles. The molecule has 0 spiro atoms. The summed E-state index contributed by atoms with van der Waals surface area (Å²) in [5, 5.41) is 0.300. The Morgan fingerprint density at radius 1 is 0.742 bits per heavy atom. The molecule has 0 heterocycles. The third kappa shape index (κ3) is 16.9. The Hall–Kier alpha value is -0.353. The first-order valence-electron chi connectivity index (χ1n) is 13.4. The third-order valence-electron chi connectivity index (χ3n) is 7.03. The average Bonchev–Trinajstić information content (AvgIpc) is 2.70. The molecule has 186 valence electrons. The lowest BCUT2D eigenvalue weighted by atomic mass is 10.0. The second-order valence-electron chi connectivity index (χ2n) is 11.0. The van der Waals surface area contributed by atoms with Gasteiger partial charge in [0.25, 0.3) is 0 Å². The fourth-order valence-electron chi connectivity index (χ4n) is 3.81. The van der Waals surface area contributed by atoms with E-state index < -0.39 is 8.32 Å². The van der Waals surface area contributed by atoms with Crippen molar-refractivity contribution < 1.29 is 14.0 Å². The molecule has 0 saturated carbocycles. The van der Waals surface area contributed by atoms with Gasteiger partial charge < -0.3 is 9.16 Å². The van der Waals surface area contributed by atoms with Crippen molar-refractivity contribution >= 4 is 14.3 Å². The van der Waals surface area contributed by atoms with Crippen LogP contribution in [0.2, 0.25) is 18.1 Å². The zero-order valence-corrected chi connectivity index (χ0v) is 23.3. The molecule has 31 heavy (non-hydrogen) atoms. The first kappa shape index (κ1) is 30.6. The van der Waals surface area contributed by atoms with Gasteiger partial charge in [-0.05, 0) is 37.4 Å². The number of methoxy groups -OCH3 is 1. The second-order valence-corrected chi connectivity index (χ2v) is 15.8. The van der Waals surface area contributed by atoms with Crippen LogP contribution < -0.4 is 0 Å². The number of esters is 1. The van der Waals surface area contributed by atoms with Crippen molar-refractivity contribution in [1.82, 2.24) is 0 Å². The zero-order chi connectivity index (χ0) is 23.6. The van der Waals surface area contributed by atoms with Gasteiger partial charge in [-0.25, -0.2) is 0 Å². The summed E-state index contributed by atoms with van der Waals surface area (Å²) in [6.45, 7) is 14.2. The van der Waals surface area contributed by atoms with Crippen LogP contribution in [0.15, 0.2) is 0 Å². The van der Waals surface area contributed by atoms with Crippen molar-refractivity contribution in [1.29, 1.82) is 0 Å². The van der Waals surface area contributed by atoms with Crippen molar-refractivity contribution in [2.45, 2.75) is 161 Å². The van der Waals surface area contributed by atoms with E-state index in [2.05, 4.69) is 45.5 Å². The molecule has 0 fully saturated rings. The number of hydrogen-bond acceptors (Lipinski definition) is 3. The van der Waals surface area contributed by atoms with E-state index in [1.165, 1.54) is 97.0 Å². The summed E-state index contributed by atoms with van der Waals surface area (Å²) in [5.41, 5.74) is 0. The van der Waals surface area contributed by atoms with Gasteiger partial charge in [0.15, 0.2) is 8.32 Å². The van der Waals surface area contributed by atoms with Gasteiger partial charge in [0, 0.05) is 12.5 Å². The van der Waals surface area contributed by atoms with Gasteiger partial charge in [0.1, 0.15) is 0 Å². The number of ether oxygens (including phenoxy) is 1. The molecule has 0 bridgehead atoms. The van der Waals surface area contributed by atoms with Gasteiger partial charge in [-0.1, -0.05) is 111 Å². The van der Waals surface area contributed by atoms with Crippen molar-refractivity contribution in [2.75, 3.05) is 7.11 Å². The first-order valence-corrected chi connectivity index (χ1v) is 16.3. The molecule has 0 rings (SSSR count). The molecule has 0 amide bonds. The van der Waals surface area contributed by atoms with Gasteiger partial charge in [-0.15, -0.1) is 0 Å². The van der Waals surface area contributed by atoms with Crippen LogP contribution in [0, 0.1) is 0 Å². The van der Waals surface area contributed by atoms with E-state index in [0.717, 1.165) is 12.8 Å². The fourth-order valence-corrected chi connectivity index (χ4v) is 5.23. The van der Waals surface area contributed by atoms with E-state index in [0.29, 0.717) is 17.6 Å². The average molecular weight is 457 g/mol. The Bertz CT molecular complexity index is 429. The summed E-state index contributed by atoms with van der Waals surface area (Å²) < 4.78 is 11.5. The van der Waals surface area contributed by atoms with Crippen LogP contribution in [-0.4, -0.2) is 27.5 Å². The van der Waals surface area contributed by atoms with Crippen LogP contribution in [0.25, 0.3) is 0 Å². The molecule has 0 aromatic carbocycles.